The van der Waals surface area contributed by atoms with Crippen LogP contribution in [0.25, 0.3) is 0 Å². The molecule has 0 saturated carbocycles. The minimum Gasteiger partial charge on any atom is -0.434 e. The zero-order valence-electron chi connectivity index (χ0n) is 19.9. The summed E-state index contributed by atoms with van der Waals surface area (Å²) in [6, 6.07) is 0. The molecule has 0 aliphatic rings. The van der Waals surface area contributed by atoms with Crippen molar-refractivity contribution in [3.05, 3.63) is 0 Å². The summed E-state index contributed by atoms with van der Waals surface area (Å²) in [6.07, 6.45) is 18.2. The molecule has 0 fully saturated rings. The van der Waals surface area contributed by atoms with Crippen LogP contribution in [0.4, 0.5) is 4.79 Å². The van der Waals surface area contributed by atoms with Crippen LogP contribution in [-0.2, 0) is 9.47 Å². The summed E-state index contributed by atoms with van der Waals surface area (Å²) in [5.41, 5.74) is 0.0130. The van der Waals surface area contributed by atoms with E-state index < -0.39 is 6.16 Å². The molecule has 0 aromatic carbocycles. The van der Waals surface area contributed by atoms with Crippen LogP contribution in [0.2, 0.25) is 0 Å². The number of hydrogen-bond acceptors (Lipinski definition) is 3. The average Bonchev–Trinajstić information content (AvgIpc) is 2.69. The van der Waals surface area contributed by atoms with Gasteiger partial charge in [0.2, 0.25) is 0 Å². The molecule has 0 amide bonds. The molecule has 0 aromatic rings. The lowest BCUT2D eigenvalue weighted by molar-refractivity contribution is 0.0175. The third-order valence-corrected chi connectivity index (χ3v) is 6.25. The summed E-state index contributed by atoms with van der Waals surface area (Å²) in [7, 11) is 0. The van der Waals surface area contributed by atoms with Gasteiger partial charge in [0.1, 0.15) is 6.61 Å². The fourth-order valence-electron chi connectivity index (χ4n) is 3.64. The molecule has 0 bridgehead atoms. The van der Waals surface area contributed by atoms with Crippen molar-refractivity contribution < 1.29 is 14.3 Å². The fraction of sp³-hybridized carbons (Fsp3) is 0.960. The van der Waals surface area contributed by atoms with Crippen LogP contribution in [0.5, 0.6) is 0 Å². The summed E-state index contributed by atoms with van der Waals surface area (Å²) in [5.74, 6) is 0.484. The third kappa shape index (κ3) is 19.5. The summed E-state index contributed by atoms with van der Waals surface area (Å²) in [5, 5.41) is 1.03. The van der Waals surface area contributed by atoms with E-state index in [1.165, 1.54) is 77.0 Å². The Hall–Kier alpha value is -0.250. The number of carbonyl (C=O) groups is 1. The standard InChI is InChI=1S/C25H49BrO3/c1-5-7-9-11-13-17-23(18-14-12-10-8-6-2)21-28-24(27)29-22-25(3,4)19-15-16-20-26/h23H,5-22H2,1-4H3. The van der Waals surface area contributed by atoms with Crippen LogP contribution >= 0.6 is 15.9 Å². The third-order valence-electron chi connectivity index (χ3n) is 5.69. The van der Waals surface area contributed by atoms with Gasteiger partial charge < -0.3 is 9.47 Å². The second-order valence-electron chi connectivity index (χ2n) is 9.43. The van der Waals surface area contributed by atoms with Gasteiger partial charge in [-0.1, -0.05) is 114 Å². The maximum Gasteiger partial charge on any atom is 0.508 e. The lowest BCUT2D eigenvalue weighted by Crippen LogP contribution is -2.23. The first-order chi connectivity index (χ1) is 13.9. The van der Waals surface area contributed by atoms with E-state index in [0.29, 0.717) is 19.1 Å². The Labute approximate surface area is 190 Å². The molecule has 29 heavy (non-hydrogen) atoms. The molecule has 0 aromatic heterocycles. The van der Waals surface area contributed by atoms with Crippen molar-refractivity contribution in [2.45, 2.75) is 124 Å². The molecule has 0 saturated heterocycles. The molecule has 0 unspecified atom stereocenters. The van der Waals surface area contributed by atoms with E-state index >= 15 is 0 Å². The first-order valence-electron chi connectivity index (χ1n) is 12.3. The van der Waals surface area contributed by atoms with E-state index in [1.54, 1.807) is 0 Å². The fourth-order valence-corrected chi connectivity index (χ4v) is 4.03. The Balaban J connectivity index is 4.18. The lowest BCUT2D eigenvalue weighted by atomic mass is 9.88. The molecule has 174 valence electrons. The van der Waals surface area contributed by atoms with Gasteiger partial charge in [-0.3, -0.25) is 0 Å². The Morgan fingerprint density at radius 1 is 0.793 bits per heavy atom. The van der Waals surface area contributed by atoms with E-state index in [-0.39, 0.29) is 5.41 Å². The molecular weight excluding hydrogens is 428 g/mol. The van der Waals surface area contributed by atoms with E-state index in [1.807, 2.05) is 0 Å². The predicted molar refractivity (Wildman–Crippen MR) is 129 cm³/mol. The zero-order chi connectivity index (χ0) is 21.8. The maximum absolute atomic E-state index is 12.1. The van der Waals surface area contributed by atoms with E-state index in [4.69, 9.17) is 9.47 Å². The van der Waals surface area contributed by atoms with Gasteiger partial charge in [-0.2, -0.15) is 0 Å². The van der Waals surface area contributed by atoms with Gasteiger partial charge in [0.05, 0.1) is 6.61 Å². The van der Waals surface area contributed by atoms with E-state index in [0.717, 1.165) is 24.6 Å². The number of hydrogen-bond donors (Lipinski definition) is 0. The van der Waals surface area contributed by atoms with Crippen LogP contribution in [0.15, 0.2) is 0 Å². The average molecular weight is 478 g/mol. The number of rotatable bonds is 20. The highest BCUT2D eigenvalue weighted by Crippen LogP contribution is 2.24. The Morgan fingerprint density at radius 2 is 1.34 bits per heavy atom. The van der Waals surface area contributed by atoms with Crippen LogP contribution in [0.1, 0.15) is 124 Å². The highest BCUT2D eigenvalue weighted by atomic mass is 79.9. The van der Waals surface area contributed by atoms with E-state index in [2.05, 4.69) is 43.6 Å². The van der Waals surface area contributed by atoms with Gasteiger partial charge in [-0.05, 0) is 37.0 Å². The highest BCUT2D eigenvalue weighted by Gasteiger charge is 2.21. The van der Waals surface area contributed by atoms with Crippen LogP contribution in [-0.4, -0.2) is 24.7 Å². The number of unbranched alkanes of at least 4 members (excludes halogenated alkanes) is 9. The maximum atomic E-state index is 12.1. The monoisotopic (exact) mass is 476 g/mol. The van der Waals surface area contributed by atoms with Crippen LogP contribution in [0, 0.1) is 11.3 Å². The van der Waals surface area contributed by atoms with Crippen LogP contribution in [0.3, 0.4) is 0 Å². The van der Waals surface area contributed by atoms with Crippen molar-refractivity contribution in [3.8, 4) is 0 Å². The first kappa shape index (κ1) is 28.8. The predicted octanol–water partition coefficient (Wildman–Crippen LogP) is 9.07. The summed E-state index contributed by atoms with van der Waals surface area (Å²) < 4.78 is 10.9. The highest BCUT2D eigenvalue weighted by molar-refractivity contribution is 9.09. The quantitative estimate of drug-likeness (QED) is 0.0996. The van der Waals surface area contributed by atoms with Gasteiger partial charge in [-0.25, -0.2) is 4.79 Å². The Bertz CT molecular complexity index is 357. The molecule has 0 radical (unpaired) electrons. The molecule has 0 heterocycles. The largest absolute Gasteiger partial charge is 0.508 e. The molecule has 0 N–H and O–H groups in total. The van der Waals surface area contributed by atoms with Crippen molar-refractivity contribution in [2.24, 2.45) is 11.3 Å². The normalized spacial score (nSPS) is 11.8. The van der Waals surface area contributed by atoms with Crippen molar-refractivity contribution in [3.63, 3.8) is 0 Å². The Kier molecular flexibility index (Phi) is 19.5. The van der Waals surface area contributed by atoms with Crippen molar-refractivity contribution >= 4 is 22.1 Å². The summed E-state index contributed by atoms with van der Waals surface area (Å²) in [4.78, 5) is 12.1. The summed E-state index contributed by atoms with van der Waals surface area (Å²) >= 11 is 3.47. The number of alkyl halides is 1. The number of halogens is 1. The van der Waals surface area contributed by atoms with Crippen LogP contribution < -0.4 is 0 Å². The smallest absolute Gasteiger partial charge is 0.434 e. The van der Waals surface area contributed by atoms with Gasteiger partial charge in [0, 0.05) is 5.33 Å². The SMILES string of the molecule is CCCCCCCC(CCCCCCC)COC(=O)OCC(C)(C)CCCCBr. The van der Waals surface area contributed by atoms with Gasteiger partial charge in [0.15, 0.2) is 0 Å². The molecule has 0 atom stereocenters. The summed E-state index contributed by atoms with van der Waals surface area (Å²) in [6.45, 7) is 9.77. The molecule has 0 spiro atoms. The Morgan fingerprint density at radius 3 is 1.86 bits per heavy atom. The van der Waals surface area contributed by atoms with E-state index in [9.17, 15) is 4.79 Å². The van der Waals surface area contributed by atoms with Gasteiger partial charge in [-0.15, -0.1) is 0 Å². The van der Waals surface area contributed by atoms with Gasteiger partial charge in [0.25, 0.3) is 0 Å². The lowest BCUT2D eigenvalue weighted by Gasteiger charge is -2.24. The van der Waals surface area contributed by atoms with Crippen molar-refractivity contribution in [2.75, 3.05) is 18.5 Å². The first-order valence-corrected chi connectivity index (χ1v) is 13.4. The molecule has 0 aliphatic heterocycles. The second-order valence-corrected chi connectivity index (χ2v) is 10.2. The molecule has 3 nitrogen and oxygen atoms in total. The molecule has 0 aliphatic carbocycles. The molecular formula is C25H49BrO3. The van der Waals surface area contributed by atoms with Crippen molar-refractivity contribution in [1.29, 1.82) is 0 Å². The number of carbonyl (C=O) groups excluding carboxylic acids is 1. The van der Waals surface area contributed by atoms with Crippen molar-refractivity contribution in [1.82, 2.24) is 0 Å². The van der Waals surface area contributed by atoms with Gasteiger partial charge >= 0.3 is 6.16 Å². The molecule has 0 rings (SSSR count). The minimum absolute atomic E-state index is 0.0130. The second kappa shape index (κ2) is 19.7. The number of ether oxygens (including phenoxy) is 2. The minimum atomic E-state index is -0.486. The zero-order valence-corrected chi connectivity index (χ0v) is 21.5. The molecule has 4 heteroatoms. The topological polar surface area (TPSA) is 35.5 Å².